The number of nitro groups is 1. The van der Waals surface area contributed by atoms with Gasteiger partial charge >= 0.3 is 0 Å². The Hall–Kier alpha value is -2.83. The molecule has 0 atom stereocenters. The summed E-state index contributed by atoms with van der Waals surface area (Å²) in [5.74, 6) is 0.675. The summed E-state index contributed by atoms with van der Waals surface area (Å²) >= 11 is 0. The third-order valence-electron chi connectivity index (χ3n) is 6.45. The van der Waals surface area contributed by atoms with Crippen LogP contribution in [-0.2, 0) is 7.05 Å². The van der Waals surface area contributed by atoms with Gasteiger partial charge in [-0.3, -0.25) is 14.9 Å². The van der Waals surface area contributed by atoms with Crippen LogP contribution in [0.15, 0.2) is 36.5 Å². The zero-order valence-electron chi connectivity index (χ0n) is 17.6. The molecule has 1 aliphatic heterocycles. The van der Waals surface area contributed by atoms with Crippen molar-refractivity contribution in [1.82, 2.24) is 9.47 Å². The van der Waals surface area contributed by atoms with Gasteiger partial charge in [0.1, 0.15) is 5.69 Å². The van der Waals surface area contributed by atoms with Crippen molar-refractivity contribution in [3.8, 4) is 0 Å². The Morgan fingerprint density at radius 1 is 1.07 bits per heavy atom. The van der Waals surface area contributed by atoms with E-state index in [4.69, 9.17) is 0 Å². The third kappa shape index (κ3) is 4.35. The summed E-state index contributed by atoms with van der Waals surface area (Å²) in [4.78, 5) is 27.8. The molecule has 0 N–H and O–H groups in total. The molecule has 0 radical (unpaired) electrons. The molecule has 160 valence electrons. The second kappa shape index (κ2) is 8.90. The number of non-ortho nitro benzene ring substituents is 1. The standard InChI is InChI=1S/C23H30N4O3/c1-24-17-21(15-22(24)23(28)25-13-5-6-14-25)26(16-18-7-3-2-4-8-18)19-9-11-20(12-10-19)27(29)30/h9-12,15,17-18H,2-8,13-14,16H2,1H3. The molecule has 1 aromatic heterocycles. The van der Waals surface area contributed by atoms with Gasteiger partial charge in [0.05, 0.1) is 10.6 Å². The van der Waals surface area contributed by atoms with Crippen molar-refractivity contribution in [2.75, 3.05) is 24.5 Å². The van der Waals surface area contributed by atoms with Crippen LogP contribution in [0.25, 0.3) is 0 Å². The predicted octanol–water partition coefficient (Wildman–Crippen LogP) is 4.89. The fourth-order valence-electron chi connectivity index (χ4n) is 4.73. The lowest BCUT2D eigenvalue weighted by molar-refractivity contribution is -0.384. The fraction of sp³-hybridized carbons (Fsp3) is 0.522. The van der Waals surface area contributed by atoms with Crippen molar-refractivity contribution >= 4 is 23.0 Å². The smallest absolute Gasteiger partial charge is 0.270 e. The molecule has 1 saturated carbocycles. The van der Waals surface area contributed by atoms with Gasteiger partial charge in [0.25, 0.3) is 11.6 Å². The molecule has 1 aromatic carbocycles. The number of carbonyl (C=O) groups excluding carboxylic acids is 1. The minimum Gasteiger partial charge on any atom is -0.344 e. The third-order valence-corrected chi connectivity index (χ3v) is 6.45. The van der Waals surface area contributed by atoms with E-state index in [-0.39, 0.29) is 16.5 Å². The highest BCUT2D eigenvalue weighted by atomic mass is 16.6. The highest BCUT2D eigenvalue weighted by Crippen LogP contribution is 2.33. The Morgan fingerprint density at radius 2 is 1.73 bits per heavy atom. The molecular weight excluding hydrogens is 380 g/mol. The lowest BCUT2D eigenvalue weighted by atomic mass is 9.88. The first-order valence-corrected chi connectivity index (χ1v) is 11.0. The lowest BCUT2D eigenvalue weighted by Gasteiger charge is -2.30. The van der Waals surface area contributed by atoms with Gasteiger partial charge < -0.3 is 14.4 Å². The van der Waals surface area contributed by atoms with Gasteiger partial charge in [-0.05, 0) is 49.8 Å². The number of carbonyl (C=O) groups is 1. The summed E-state index contributed by atoms with van der Waals surface area (Å²) in [7, 11) is 1.92. The number of aryl methyl sites for hydroxylation is 1. The normalized spacial score (nSPS) is 17.3. The van der Waals surface area contributed by atoms with Gasteiger partial charge in [-0.15, -0.1) is 0 Å². The quantitative estimate of drug-likeness (QED) is 0.502. The Morgan fingerprint density at radius 3 is 2.37 bits per heavy atom. The SMILES string of the molecule is Cn1cc(N(CC2CCCCC2)c2ccc([N+](=O)[O-])cc2)cc1C(=O)N1CCCC1. The van der Waals surface area contributed by atoms with E-state index in [9.17, 15) is 14.9 Å². The molecule has 30 heavy (non-hydrogen) atoms. The van der Waals surface area contributed by atoms with E-state index in [2.05, 4.69) is 4.90 Å². The second-order valence-electron chi connectivity index (χ2n) is 8.58. The van der Waals surface area contributed by atoms with Crippen LogP contribution < -0.4 is 4.90 Å². The second-order valence-corrected chi connectivity index (χ2v) is 8.58. The van der Waals surface area contributed by atoms with Crippen LogP contribution in [0.5, 0.6) is 0 Å². The van der Waals surface area contributed by atoms with Crippen molar-refractivity contribution in [2.45, 2.75) is 44.9 Å². The summed E-state index contributed by atoms with van der Waals surface area (Å²) in [5, 5.41) is 11.1. The number of rotatable bonds is 6. The van der Waals surface area contributed by atoms with Gasteiger partial charge in [-0.2, -0.15) is 0 Å². The first-order chi connectivity index (χ1) is 14.5. The minimum absolute atomic E-state index is 0.0857. The summed E-state index contributed by atoms with van der Waals surface area (Å²) in [6.07, 6.45) is 10.4. The van der Waals surface area contributed by atoms with Crippen LogP contribution in [-0.4, -0.2) is 39.9 Å². The lowest BCUT2D eigenvalue weighted by Crippen LogP contribution is -2.29. The Labute approximate surface area is 177 Å². The Kier molecular flexibility index (Phi) is 6.06. The van der Waals surface area contributed by atoms with Crippen molar-refractivity contribution < 1.29 is 9.72 Å². The van der Waals surface area contributed by atoms with E-state index in [1.807, 2.05) is 40.9 Å². The number of hydrogen-bond donors (Lipinski definition) is 0. The highest BCUT2D eigenvalue weighted by Gasteiger charge is 2.25. The number of hydrogen-bond acceptors (Lipinski definition) is 4. The van der Waals surface area contributed by atoms with Gasteiger partial charge in [-0.25, -0.2) is 0 Å². The largest absolute Gasteiger partial charge is 0.344 e. The van der Waals surface area contributed by atoms with Crippen molar-refractivity contribution in [2.24, 2.45) is 13.0 Å². The number of likely N-dealkylation sites (tertiary alicyclic amines) is 1. The molecule has 2 aromatic rings. The predicted molar refractivity (Wildman–Crippen MR) is 117 cm³/mol. The van der Waals surface area contributed by atoms with Crippen LogP contribution in [0.1, 0.15) is 55.4 Å². The average Bonchev–Trinajstić information content (AvgIpc) is 3.42. The average molecular weight is 411 g/mol. The zero-order valence-corrected chi connectivity index (χ0v) is 17.6. The number of nitrogens with zero attached hydrogens (tertiary/aromatic N) is 4. The fourth-order valence-corrected chi connectivity index (χ4v) is 4.73. The summed E-state index contributed by atoms with van der Waals surface area (Å²) in [6, 6.07) is 8.72. The van der Waals surface area contributed by atoms with E-state index < -0.39 is 0 Å². The van der Waals surface area contributed by atoms with Gasteiger partial charge in [0.15, 0.2) is 0 Å². The van der Waals surface area contributed by atoms with Crippen molar-refractivity contribution in [3.63, 3.8) is 0 Å². The topological polar surface area (TPSA) is 71.6 Å². The molecule has 1 saturated heterocycles. The van der Waals surface area contributed by atoms with Crippen molar-refractivity contribution in [1.29, 1.82) is 0 Å². The molecule has 1 amide bonds. The minimum atomic E-state index is -0.370. The number of amides is 1. The van der Waals surface area contributed by atoms with Gasteiger partial charge in [-0.1, -0.05) is 19.3 Å². The number of nitro benzene ring substituents is 1. The van der Waals surface area contributed by atoms with Crippen LogP contribution >= 0.6 is 0 Å². The van der Waals surface area contributed by atoms with Crippen LogP contribution in [0, 0.1) is 16.0 Å². The molecule has 2 aliphatic rings. The van der Waals surface area contributed by atoms with Crippen LogP contribution in [0.2, 0.25) is 0 Å². The molecular formula is C23H30N4O3. The molecule has 4 rings (SSSR count). The highest BCUT2D eigenvalue weighted by molar-refractivity contribution is 5.94. The van der Waals surface area contributed by atoms with Gasteiger partial charge in [0, 0.05) is 50.7 Å². The number of anilines is 2. The van der Waals surface area contributed by atoms with Gasteiger partial charge in [0.2, 0.25) is 0 Å². The zero-order chi connectivity index (χ0) is 21.1. The molecule has 2 fully saturated rings. The van der Waals surface area contributed by atoms with E-state index in [1.165, 1.54) is 32.1 Å². The van der Waals surface area contributed by atoms with Crippen LogP contribution in [0.4, 0.5) is 17.1 Å². The van der Waals surface area contributed by atoms with E-state index >= 15 is 0 Å². The van der Waals surface area contributed by atoms with Crippen molar-refractivity contribution in [3.05, 3.63) is 52.3 Å². The first kappa shape index (κ1) is 20.4. The molecule has 0 bridgehead atoms. The maximum atomic E-state index is 13.0. The molecule has 2 heterocycles. The summed E-state index contributed by atoms with van der Waals surface area (Å²) in [6.45, 7) is 2.51. The van der Waals surface area contributed by atoms with Crippen LogP contribution in [0.3, 0.4) is 0 Å². The molecule has 1 aliphatic carbocycles. The number of benzene rings is 1. The van der Waals surface area contributed by atoms with E-state index in [0.717, 1.165) is 43.9 Å². The molecule has 0 spiro atoms. The monoisotopic (exact) mass is 410 g/mol. The Bertz CT molecular complexity index is 894. The van der Waals surface area contributed by atoms with E-state index in [1.54, 1.807) is 12.1 Å². The molecule has 7 nitrogen and oxygen atoms in total. The summed E-state index contributed by atoms with van der Waals surface area (Å²) in [5.41, 5.74) is 2.69. The summed E-state index contributed by atoms with van der Waals surface area (Å²) < 4.78 is 1.91. The molecule has 0 unspecified atom stereocenters. The maximum absolute atomic E-state index is 13.0. The first-order valence-electron chi connectivity index (χ1n) is 11.0. The van der Waals surface area contributed by atoms with E-state index in [0.29, 0.717) is 11.6 Å². The maximum Gasteiger partial charge on any atom is 0.270 e. The number of aromatic nitrogens is 1. The Balaban J connectivity index is 1.63. The molecule has 7 heteroatoms.